The molecule has 9 heteroatoms. The Labute approximate surface area is 163 Å². The van der Waals surface area contributed by atoms with Gasteiger partial charge in [-0.25, -0.2) is 9.59 Å². The molecule has 0 aromatic heterocycles. The summed E-state index contributed by atoms with van der Waals surface area (Å²) in [5, 5.41) is 4.64. The molecule has 0 saturated carbocycles. The number of nitrogens with zero attached hydrogens (tertiary/aromatic N) is 1. The fourth-order valence-corrected chi connectivity index (χ4v) is 3.22. The van der Waals surface area contributed by atoms with Gasteiger partial charge in [0.05, 0.1) is 11.8 Å². The molecule has 5 amide bonds. The first-order chi connectivity index (χ1) is 12.9. The maximum atomic E-state index is 12.5. The number of likely N-dealkylation sites (tertiary alicyclic amines) is 1. The van der Waals surface area contributed by atoms with Crippen LogP contribution in [0.2, 0.25) is 0 Å². The highest BCUT2D eigenvalue weighted by molar-refractivity contribution is 6.08. The fraction of sp³-hybridized carbons (Fsp3) is 0.632. The Morgan fingerprint density at radius 3 is 2.04 bits per heavy atom. The highest BCUT2D eigenvalue weighted by Gasteiger charge is 2.50. The third-order valence-electron chi connectivity index (χ3n) is 4.66. The quantitative estimate of drug-likeness (QED) is 0.415. The van der Waals surface area contributed by atoms with Gasteiger partial charge in [-0.2, -0.15) is 0 Å². The van der Waals surface area contributed by atoms with E-state index < -0.39 is 59.2 Å². The van der Waals surface area contributed by atoms with E-state index in [0.717, 1.165) is 4.90 Å². The lowest BCUT2D eigenvalue weighted by atomic mass is 9.85. The van der Waals surface area contributed by atoms with E-state index in [-0.39, 0.29) is 0 Å². The Kier molecular flexibility index (Phi) is 6.26. The lowest BCUT2D eigenvalue weighted by Crippen LogP contribution is -2.51. The lowest BCUT2D eigenvalue weighted by Gasteiger charge is -2.24. The first-order valence-electron chi connectivity index (χ1n) is 9.27. The molecule has 0 spiro atoms. The second-order valence-electron chi connectivity index (χ2n) is 8.15. The van der Waals surface area contributed by atoms with Gasteiger partial charge < -0.3 is 10.1 Å². The van der Waals surface area contributed by atoms with Crippen molar-refractivity contribution in [2.24, 2.45) is 11.8 Å². The van der Waals surface area contributed by atoms with E-state index in [1.165, 1.54) is 13.8 Å². The molecular weight excluding hydrogens is 366 g/mol. The van der Waals surface area contributed by atoms with E-state index in [2.05, 4.69) is 10.6 Å². The number of hydrogen-bond donors (Lipinski definition) is 2. The Bertz CT molecular complexity index is 698. The van der Waals surface area contributed by atoms with Gasteiger partial charge in [0.1, 0.15) is 6.04 Å². The van der Waals surface area contributed by atoms with Crippen molar-refractivity contribution in [2.45, 2.75) is 65.1 Å². The number of rotatable bonds is 4. The van der Waals surface area contributed by atoms with E-state index in [0.29, 0.717) is 12.8 Å². The van der Waals surface area contributed by atoms with Crippen molar-refractivity contribution >= 4 is 29.7 Å². The summed E-state index contributed by atoms with van der Waals surface area (Å²) < 4.78 is 5.07. The summed E-state index contributed by atoms with van der Waals surface area (Å²) in [6.07, 6.45) is 3.38. The number of urea groups is 1. The van der Waals surface area contributed by atoms with Crippen molar-refractivity contribution in [3.05, 3.63) is 12.2 Å². The molecule has 0 aromatic rings. The molecular formula is C19H27N3O6. The second kappa shape index (κ2) is 8.12. The van der Waals surface area contributed by atoms with Gasteiger partial charge in [-0.05, 0) is 47.5 Å². The number of fused-ring (bicyclic) bond motifs is 1. The van der Waals surface area contributed by atoms with E-state index in [4.69, 9.17) is 4.74 Å². The van der Waals surface area contributed by atoms with Crippen LogP contribution in [0.5, 0.6) is 0 Å². The van der Waals surface area contributed by atoms with Crippen LogP contribution in [0.15, 0.2) is 12.2 Å². The minimum absolute atomic E-state index is 0.398. The van der Waals surface area contributed by atoms with Crippen molar-refractivity contribution in [1.29, 1.82) is 0 Å². The van der Waals surface area contributed by atoms with Crippen LogP contribution in [-0.4, -0.2) is 52.3 Å². The lowest BCUT2D eigenvalue weighted by molar-refractivity contribution is -0.163. The van der Waals surface area contributed by atoms with Gasteiger partial charge in [0.2, 0.25) is 11.8 Å². The maximum Gasteiger partial charge on any atom is 0.329 e. The van der Waals surface area contributed by atoms with E-state index in [1.807, 2.05) is 12.2 Å². The molecule has 0 bridgehead atoms. The zero-order chi connectivity index (χ0) is 21.2. The topological polar surface area (TPSA) is 122 Å². The zero-order valence-electron chi connectivity index (χ0n) is 16.8. The monoisotopic (exact) mass is 393 g/mol. The Morgan fingerprint density at radius 1 is 1.07 bits per heavy atom. The maximum absolute atomic E-state index is 12.5. The number of nitrogens with one attached hydrogen (secondary N) is 2. The minimum Gasteiger partial charge on any atom is -0.451 e. The molecule has 2 rings (SSSR count). The van der Waals surface area contributed by atoms with Crippen molar-refractivity contribution in [3.63, 3.8) is 0 Å². The number of esters is 1. The number of amides is 5. The molecule has 1 saturated heterocycles. The number of imide groups is 2. The summed E-state index contributed by atoms with van der Waals surface area (Å²) in [6, 6.07) is -1.86. The number of hydrogen-bond acceptors (Lipinski definition) is 6. The van der Waals surface area contributed by atoms with Crippen LogP contribution in [0.25, 0.3) is 0 Å². The predicted octanol–water partition coefficient (Wildman–Crippen LogP) is 0.882. The second-order valence-corrected chi connectivity index (χ2v) is 8.15. The SMILES string of the molecule is C[C@H](OC(=O)[C@H](C)N1C(=O)[C@H]2CC=CC[C@H]2C1=O)C(=O)NC(=O)NC(C)(C)C. The first kappa shape index (κ1) is 21.6. The third-order valence-corrected chi connectivity index (χ3v) is 4.66. The molecule has 9 nitrogen and oxygen atoms in total. The van der Waals surface area contributed by atoms with Crippen molar-refractivity contribution < 1.29 is 28.7 Å². The van der Waals surface area contributed by atoms with Crippen LogP contribution < -0.4 is 10.6 Å². The molecule has 1 aliphatic carbocycles. The molecule has 28 heavy (non-hydrogen) atoms. The van der Waals surface area contributed by atoms with Gasteiger partial charge in [0.25, 0.3) is 5.91 Å². The molecule has 0 aromatic carbocycles. The molecule has 154 valence electrons. The van der Waals surface area contributed by atoms with Crippen molar-refractivity contribution in [2.75, 3.05) is 0 Å². The molecule has 2 N–H and O–H groups in total. The van der Waals surface area contributed by atoms with Gasteiger partial charge in [-0.1, -0.05) is 12.2 Å². The van der Waals surface area contributed by atoms with E-state index >= 15 is 0 Å². The molecule has 4 atom stereocenters. The van der Waals surface area contributed by atoms with Gasteiger partial charge >= 0.3 is 12.0 Å². The predicted molar refractivity (Wildman–Crippen MR) is 98.7 cm³/mol. The Balaban J connectivity index is 1.94. The summed E-state index contributed by atoms with van der Waals surface area (Å²) in [6.45, 7) is 7.94. The number of ether oxygens (including phenoxy) is 1. The molecule has 2 aliphatic rings. The molecule has 1 aliphatic heterocycles. The molecule has 1 heterocycles. The average molecular weight is 393 g/mol. The highest BCUT2D eigenvalue weighted by atomic mass is 16.5. The fourth-order valence-electron chi connectivity index (χ4n) is 3.22. The summed E-state index contributed by atoms with van der Waals surface area (Å²) >= 11 is 0. The third kappa shape index (κ3) is 4.76. The van der Waals surface area contributed by atoms with Crippen LogP contribution in [0.3, 0.4) is 0 Å². The van der Waals surface area contributed by atoms with Gasteiger partial charge in [0, 0.05) is 5.54 Å². The summed E-state index contributed by atoms with van der Waals surface area (Å²) in [5.74, 6) is -3.38. The van der Waals surface area contributed by atoms with E-state index in [1.54, 1.807) is 20.8 Å². The first-order valence-corrected chi connectivity index (χ1v) is 9.27. The smallest absolute Gasteiger partial charge is 0.329 e. The Morgan fingerprint density at radius 2 is 1.57 bits per heavy atom. The minimum atomic E-state index is -1.27. The van der Waals surface area contributed by atoms with E-state index in [9.17, 15) is 24.0 Å². The highest BCUT2D eigenvalue weighted by Crippen LogP contribution is 2.36. The molecule has 0 radical (unpaired) electrons. The normalized spacial score (nSPS) is 23.7. The number of carbonyl (C=O) groups excluding carboxylic acids is 5. The summed E-state index contributed by atoms with van der Waals surface area (Å²) in [7, 11) is 0. The standard InChI is InChI=1S/C19H27N3O6/c1-10(22-15(24)12-8-6-7-9-13(12)16(22)25)17(26)28-11(2)14(23)20-18(27)21-19(3,4)5/h6-7,10-13H,8-9H2,1-5H3,(H2,20,21,23,27)/t10-,11-,12-,13+/m0/s1. The summed E-state index contributed by atoms with van der Waals surface area (Å²) in [4.78, 5) is 62.2. The number of allylic oxidation sites excluding steroid dienone is 2. The summed E-state index contributed by atoms with van der Waals surface area (Å²) in [5.41, 5.74) is -0.541. The van der Waals surface area contributed by atoms with Gasteiger partial charge in [-0.3, -0.25) is 24.6 Å². The van der Waals surface area contributed by atoms with Crippen LogP contribution in [0.4, 0.5) is 4.79 Å². The van der Waals surface area contributed by atoms with Crippen molar-refractivity contribution in [1.82, 2.24) is 15.5 Å². The number of carbonyl (C=O) groups is 5. The zero-order valence-corrected chi connectivity index (χ0v) is 16.8. The van der Waals surface area contributed by atoms with Crippen molar-refractivity contribution in [3.8, 4) is 0 Å². The van der Waals surface area contributed by atoms with Crippen LogP contribution >= 0.6 is 0 Å². The average Bonchev–Trinajstić information content (AvgIpc) is 2.83. The van der Waals surface area contributed by atoms with Gasteiger partial charge in [-0.15, -0.1) is 0 Å². The molecule has 1 fully saturated rings. The largest absolute Gasteiger partial charge is 0.451 e. The molecule has 0 unspecified atom stereocenters. The Hall–Kier alpha value is -2.71. The van der Waals surface area contributed by atoms with Crippen LogP contribution in [0.1, 0.15) is 47.5 Å². The van der Waals surface area contributed by atoms with Crippen LogP contribution in [0, 0.1) is 11.8 Å². The van der Waals surface area contributed by atoms with Crippen LogP contribution in [-0.2, 0) is 23.9 Å². The van der Waals surface area contributed by atoms with Gasteiger partial charge in [0.15, 0.2) is 6.10 Å².